The van der Waals surface area contributed by atoms with Gasteiger partial charge in [-0.15, -0.1) is 0 Å². The number of benzene rings is 2. The average molecular weight is 392 g/mol. The Bertz CT molecular complexity index is 894. The Morgan fingerprint density at radius 3 is 2.55 bits per heavy atom. The molecule has 2 fully saturated rings. The summed E-state index contributed by atoms with van der Waals surface area (Å²) >= 11 is 0. The van der Waals surface area contributed by atoms with E-state index in [0.717, 1.165) is 38.2 Å². The number of amides is 1. The van der Waals surface area contributed by atoms with E-state index in [4.69, 9.17) is 4.74 Å². The van der Waals surface area contributed by atoms with Crippen molar-refractivity contribution in [3.05, 3.63) is 65.2 Å². The number of nitrogens with zero attached hydrogens (tertiary/aromatic N) is 3. The number of rotatable bonds is 3. The van der Waals surface area contributed by atoms with E-state index in [1.807, 2.05) is 11.0 Å². The lowest BCUT2D eigenvalue weighted by Crippen LogP contribution is -2.40. The molecule has 0 aliphatic carbocycles. The molecule has 3 aliphatic heterocycles. The first kappa shape index (κ1) is 18.6. The summed E-state index contributed by atoms with van der Waals surface area (Å²) in [5, 5.41) is 0. The van der Waals surface area contributed by atoms with Crippen LogP contribution in [-0.4, -0.2) is 68.7 Å². The van der Waals surface area contributed by atoms with Gasteiger partial charge in [0.1, 0.15) is 0 Å². The smallest absolute Gasteiger partial charge is 0.254 e. The van der Waals surface area contributed by atoms with Crippen LogP contribution in [0, 0.1) is 0 Å². The number of hydrogen-bond donors (Lipinski definition) is 0. The van der Waals surface area contributed by atoms with Gasteiger partial charge in [0, 0.05) is 49.4 Å². The monoisotopic (exact) mass is 391 g/mol. The minimum Gasteiger partial charge on any atom is -0.378 e. The predicted molar refractivity (Wildman–Crippen MR) is 114 cm³/mol. The molecular weight excluding hydrogens is 362 g/mol. The highest BCUT2D eigenvalue weighted by atomic mass is 16.5. The molecule has 5 heteroatoms. The Kier molecular flexibility index (Phi) is 4.80. The molecule has 2 saturated heterocycles. The average Bonchev–Trinajstić information content (AvgIpc) is 3.28. The Morgan fingerprint density at radius 1 is 1.03 bits per heavy atom. The number of hydrogen-bond acceptors (Lipinski definition) is 4. The van der Waals surface area contributed by atoms with Crippen LogP contribution in [0.1, 0.15) is 27.9 Å². The van der Waals surface area contributed by atoms with Gasteiger partial charge < -0.3 is 19.4 Å². The van der Waals surface area contributed by atoms with Crippen LogP contribution in [-0.2, 0) is 16.7 Å². The van der Waals surface area contributed by atoms with Crippen LogP contribution in [0.5, 0.6) is 0 Å². The SMILES string of the molecule is CN1CCC2(C1)CN(Cc1ccccc1)c1ccc(C(=O)N3CCOCC3)cc12. The quantitative estimate of drug-likeness (QED) is 0.806. The Labute approximate surface area is 172 Å². The van der Waals surface area contributed by atoms with Gasteiger partial charge in [-0.3, -0.25) is 4.79 Å². The molecule has 1 atom stereocenters. The first-order chi connectivity index (χ1) is 14.1. The molecule has 1 amide bonds. The van der Waals surface area contributed by atoms with Crippen LogP contribution >= 0.6 is 0 Å². The molecular formula is C24H29N3O2. The molecule has 0 bridgehead atoms. The second-order valence-corrected chi connectivity index (χ2v) is 8.75. The number of likely N-dealkylation sites (N-methyl/N-ethyl adjacent to an activating group) is 1. The normalized spacial score (nSPS) is 24.3. The van der Waals surface area contributed by atoms with E-state index in [1.54, 1.807) is 0 Å². The maximum Gasteiger partial charge on any atom is 0.254 e. The second kappa shape index (κ2) is 7.47. The minimum atomic E-state index is 0.125. The highest BCUT2D eigenvalue weighted by molar-refractivity contribution is 5.95. The van der Waals surface area contributed by atoms with Crippen molar-refractivity contribution in [1.29, 1.82) is 0 Å². The topological polar surface area (TPSA) is 36.0 Å². The Morgan fingerprint density at radius 2 is 1.83 bits per heavy atom. The lowest BCUT2D eigenvalue weighted by Gasteiger charge is -2.28. The van der Waals surface area contributed by atoms with E-state index < -0.39 is 0 Å². The zero-order chi connectivity index (χ0) is 19.8. The fourth-order valence-electron chi connectivity index (χ4n) is 5.23. The zero-order valence-electron chi connectivity index (χ0n) is 17.1. The van der Waals surface area contributed by atoms with Gasteiger partial charge in [0.2, 0.25) is 0 Å². The van der Waals surface area contributed by atoms with Crippen LogP contribution in [0.2, 0.25) is 0 Å². The lowest BCUT2D eigenvalue weighted by molar-refractivity contribution is 0.0303. The standard InChI is InChI=1S/C24H29N3O2/c1-25-10-9-24(17-25)18-27(16-19-5-3-2-4-6-19)22-8-7-20(15-21(22)24)23(28)26-11-13-29-14-12-26/h2-8,15H,9-14,16-18H2,1H3. The van der Waals surface area contributed by atoms with E-state index in [9.17, 15) is 4.79 Å². The van der Waals surface area contributed by atoms with Crippen molar-refractivity contribution in [2.24, 2.45) is 0 Å². The molecule has 0 N–H and O–H groups in total. The molecule has 152 valence electrons. The summed E-state index contributed by atoms with van der Waals surface area (Å²) in [5.41, 5.74) is 4.93. The summed E-state index contributed by atoms with van der Waals surface area (Å²) in [7, 11) is 2.21. The van der Waals surface area contributed by atoms with Gasteiger partial charge in [-0.05, 0) is 49.3 Å². The van der Waals surface area contributed by atoms with Crippen molar-refractivity contribution in [2.45, 2.75) is 18.4 Å². The number of carbonyl (C=O) groups excluding carboxylic acids is 1. The molecule has 2 aromatic rings. The molecule has 5 rings (SSSR count). The molecule has 3 aliphatic rings. The van der Waals surface area contributed by atoms with Crippen molar-refractivity contribution in [1.82, 2.24) is 9.80 Å². The zero-order valence-corrected chi connectivity index (χ0v) is 17.1. The van der Waals surface area contributed by atoms with Crippen LogP contribution in [0.25, 0.3) is 0 Å². The molecule has 2 aromatic carbocycles. The van der Waals surface area contributed by atoms with Gasteiger partial charge in [-0.2, -0.15) is 0 Å². The Balaban J connectivity index is 1.48. The van der Waals surface area contributed by atoms with Crippen molar-refractivity contribution in [2.75, 3.05) is 57.9 Å². The number of anilines is 1. The largest absolute Gasteiger partial charge is 0.378 e. The van der Waals surface area contributed by atoms with Crippen molar-refractivity contribution < 1.29 is 9.53 Å². The van der Waals surface area contributed by atoms with E-state index >= 15 is 0 Å². The lowest BCUT2D eigenvalue weighted by atomic mass is 9.81. The summed E-state index contributed by atoms with van der Waals surface area (Å²) in [6.07, 6.45) is 1.15. The van der Waals surface area contributed by atoms with Gasteiger partial charge in [-0.25, -0.2) is 0 Å². The molecule has 5 nitrogen and oxygen atoms in total. The Hall–Kier alpha value is -2.37. The van der Waals surface area contributed by atoms with Gasteiger partial charge >= 0.3 is 0 Å². The molecule has 1 spiro atoms. The summed E-state index contributed by atoms with van der Waals surface area (Å²) in [6.45, 7) is 6.74. The summed E-state index contributed by atoms with van der Waals surface area (Å²) < 4.78 is 5.41. The van der Waals surface area contributed by atoms with Crippen molar-refractivity contribution >= 4 is 11.6 Å². The van der Waals surface area contributed by atoms with Gasteiger partial charge in [0.15, 0.2) is 0 Å². The van der Waals surface area contributed by atoms with Crippen molar-refractivity contribution in [3.8, 4) is 0 Å². The third-order valence-corrected chi connectivity index (χ3v) is 6.71. The molecule has 29 heavy (non-hydrogen) atoms. The summed E-state index contributed by atoms with van der Waals surface area (Å²) in [6, 6.07) is 17.1. The molecule has 0 saturated carbocycles. The van der Waals surface area contributed by atoms with Crippen LogP contribution in [0.4, 0.5) is 5.69 Å². The van der Waals surface area contributed by atoms with E-state index in [2.05, 4.69) is 59.3 Å². The highest BCUT2D eigenvalue weighted by Crippen LogP contribution is 2.47. The minimum absolute atomic E-state index is 0.125. The fourth-order valence-corrected chi connectivity index (χ4v) is 5.23. The van der Waals surface area contributed by atoms with Gasteiger partial charge in [-0.1, -0.05) is 30.3 Å². The van der Waals surface area contributed by atoms with Crippen molar-refractivity contribution in [3.63, 3.8) is 0 Å². The number of likely N-dealkylation sites (tertiary alicyclic amines) is 1. The first-order valence-electron chi connectivity index (χ1n) is 10.6. The highest BCUT2D eigenvalue weighted by Gasteiger charge is 2.46. The fraction of sp³-hybridized carbons (Fsp3) is 0.458. The third kappa shape index (κ3) is 3.43. The molecule has 0 radical (unpaired) electrons. The van der Waals surface area contributed by atoms with Crippen LogP contribution < -0.4 is 4.90 Å². The summed E-state index contributed by atoms with van der Waals surface area (Å²) in [5.74, 6) is 0.138. The summed E-state index contributed by atoms with van der Waals surface area (Å²) in [4.78, 5) is 19.9. The van der Waals surface area contributed by atoms with Crippen LogP contribution in [0.15, 0.2) is 48.5 Å². The molecule has 3 heterocycles. The maximum atomic E-state index is 13.1. The number of carbonyl (C=O) groups is 1. The van der Waals surface area contributed by atoms with E-state index in [1.165, 1.54) is 16.8 Å². The third-order valence-electron chi connectivity index (χ3n) is 6.71. The number of morpholine rings is 1. The van der Waals surface area contributed by atoms with Gasteiger partial charge in [0.05, 0.1) is 13.2 Å². The van der Waals surface area contributed by atoms with Crippen LogP contribution in [0.3, 0.4) is 0 Å². The number of fused-ring (bicyclic) bond motifs is 2. The van der Waals surface area contributed by atoms with E-state index in [-0.39, 0.29) is 11.3 Å². The number of ether oxygens (including phenoxy) is 1. The predicted octanol–water partition coefficient (Wildman–Crippen LogP) is 2.75. The first-order valence-corrected chi connectivity index (χ1v) is 10.6. The maximum absolute atomic E-state index is 13.1. The second-order valence-electron chi connectivity index (χ2n) is 8.75. The molecule has 1 unspecified atom stereocenters. The van der Waals surface area contributed by atoms with Gasteiger partial charge in [0.25, 0.3) is 5.91 Å². The molecule has 0 aromatic heterocycles. The van der Waals surface area contributed by atoms with E-state index in [0.29, 0.717) is 26.3 Å².